The minimum Gasteiger partial charge on any atom is -0.508 e. The highest BCUT2D eigenvalue weighted by Crippen LogP contribution is 2.34. The molecule has 0 atom stereocenters. The maximum atomic E-state index is 10.9. The number of benzene rings is 1. The first kappa shape index (κ1) is 21.6. The predicted molar refractivity (Wildman–Crippen MR) is 129 cm³/mol. The highest BCUT2D eigenvalue weighted by molar-refractivity contribution is 7.20. The van der Waals surface area contributed by atoms with Crippen molar-refractivity contribution in [1.82, 2.24) is 19.8 Å². The molecule has 2 saturated heterocycles. The molecule has 0 unspecified atom stereocenters. The Balaban J connectivity index is 1.44. The number of hydrogen-bond donors (Lipinski definition) is 1. The number of nitrogens with zero attached hydrogens (tertiary/aromatic N) is 5. The van der Waals surface area contributed by atoms with Crippen molar-refractivity contribution >= 4 is 33.8 Å². The minimum atomic E-state index is 0.190. The molecule has 1 aromatic carbocycles. The zero-order valence-corrected chi connectivity index (χ0v) is 19.1. The largest absolute Gasteiger partial charge is 0.508 e. The number of phenolic OH excluding ortho intramolecular Hbond substituents is 1. The second kappa shape index (κ2) is 9.75. The van der Waals surface area contributed by atoms with Crippen molar-refractivity contribution in [2.24, 2.45) is 0 Å². The number of carbonyl (C=O) groups is 1. The Hall–Kier alpha value is -3.19. The molecule has 2 aliphatic heterocycles. The third-order valence-electron chi connectivity index (χ3n) is 5.84. The van der Waals surface area contributed by atoms with Gasteiger partial charge in [0, 0.05) is 44.8 Å². The van der Waals surface area contributed by atoms with Gasteiger partial charge < -0.3 is 19.6 Å². The number of hydrogen-bond acceptors (Lipinski definition) is 8. The fraction of sp³-hybridized carbons (Fsp3) is 0.375. The summed E-state index contributed by atoms with van der Waals surface area (Å²) < 4.78 is 6.55. The zero-order chi connectivity index (χ0) is 22.6. The molecule has 2 aromatic heterocycles. The van der Waals surface area contributed by atoms with Crippen LogP contribution >= 0.6 is 11.3 Å². The van der Waals surface area contributed by atoms with Crippen LogP contribution in [0.1, 0.15) is 4.88 Å². The number of phenols is 1. The van der Waals surface area contributed by atoms with Crippen molar-refractivity contribution in [3.05, 3.63) is 35.2 Å². The molecule has 0 bridgehead atoms. The number of piperazine rings is 1. The number of aromatic nitrogens is 2. The van der Waals surface area contributed by atoms with E-state index in [0.717, 1.165) is 72.2 Å². The summed E-state index contributed by atoms with van der Waals surface area (Å²) in [6.45, 7) is 6.77. The minimum absolute atomic E-state index is 0.190. The van der Waals surface area contributed by atoms with Crippen molar-refractivity contribution < 1.29 is 14.6 Å². The van der Waals surface area contributed by atoms with Crippen LogP contribution in [0, 0.1) is 11.8 Å². The smallest absolute Gasteiger partial charge is 0.209 e. The standard InChI is InChI=1S/C24H25N5O3S/c30-17-28-9-7-27(8-10-28)6-2-5-20-16-21-22(33-20)24(29-11-13-32-14-12-29)26-23(25-21)18-3-1-4-19(31)15-18/h1,3-4,15-17,31H,6-14H2. The number of rotatable bonds is 4. The van der Waals surface area contributed by atoms with Crippen LogP contribution < -0.4 is 4.90 Å². The monoisotopic (exact) mass is 463 g/mol. The van der Waals surface area contributed by atoms with E-state index < -0.39 is 0 Å². The van der Waals surface area contributed by atoms with Gasteiger partial charge in [-0.3, -0.25) is 9.69 Å². The summed E-state index contributed by atoms with van der Waals surface area (Å²) in [6.07, 6.45) is 0.915. The van der Waals surface area contributed by atoms with Gasteiger partial charge in [0.05, 0.1) is 34.9 Å². The van der Waals surface area contributed by atoms with Gasteiger partial charge in [-0.1, -0.05) is 24.0 Å². The van der Waals surface area contributed by atoms with Crippen molar-refractivity contribution in [3.8, 4) is 29.0 Å². The molecule has 4 heterocycles. The number of fused-ring (bicyclic) bond motifs is 1. The first-order valence-electron chi connectivity index (χ1n) is 11.0. The Morgan fingerprint density at radius 2 is 1.91 bits per heavy atom. The fourth-order valence-corrected chi connectivity index (χ4v) is 4.99. The molecular weight excluding hydrogens is 438 g/mol. The van der Waals surface area contributed by atoms with Crippen LogP contribution in [-0.4, -0.2) is 90.3 Å². The Morgan fingerprint density at radius 3 is 2.67 bits per heavy atom. The predicted octanol–water partition coefficient (Wildman–Crippen LogP) is 2.03. The molecule has 1 amide bonds. The van der Waals surface area contributed by atoms with Gasteiger partial charge >= 0.3 is 0 Å². The summed E-state index contributed by atoms with van der Waals surface area (Å²) in [4.78, 5) is 27.8. The Bertz CT molecular complexity index is 1200. The van der Waals surface area contributed by atoms with Crippen LogP contribution in [0.5, 0.6) is 5.75 Å². The molecule has 33 heavy (non-hydrogen) atoms. The summed E-state index contributed by atoms with van der Waals surface area (Å²) in [6, 6.07) is 9.05. The second-order valence-electron chi connectivity index (χ2n) is 8.06. The molecule has 170 valence electrons. The number of amides is 1. The molecule has 0 aliphatic carbocycles. The van der Waals surface area contributed by atoms with Crippen LogP contribution in [0.3, 0.4) is 0 Å². The second-order valence-corrected chi connectivity index (χ2v) is 9.12. The van der Waals surface area contributed by atoms with Crippen molar-refractivity contribution in [3.63, 3.8) is 0 Å². The summed E-state index contributed by atoms with van der Waals surface area (Å²) in [5.41, 5.74) is 1.64. The average Bonchev–Trinajstić information content (AvgIpc) is 3.27. The van der Waals surface area contributed by atoms with Gasteiger partial charge in [-0.05, 0) is 18.2 Å². The molecule has 2 aliphatic rings. The summed E-state index contributed by atoms with van der Waals surface area (Å²) in [7, 11) is 0. The van der Waals surface area contributed by atoms with Crippen LogP contribution in [0.4, 0.5) is 5.82 Å². The number of carbonyl (C=O) groups excluding carboxylic acids is 1. The molecule has 0 radical (unpaired) electrons. The molecule has 0 spiro atoms. The molecule has 9 heteroatoms. The van der Waals surface area contributed by atoms with E-state index in [0.29, 0.717) is 25.6 Å². The highest BCUT2D eigenvalue weighted by atomic mass is 32.1. The number of aromatic hydroxyl groups is 1. The fourth-order valence-electron chi connectivity index (χ4n) is 4.01. The molecule has 0 saturated carbocycles. The van der Waals surface area contributed by atoms with Crippen LogP contribution in [0.25, 0.3) is 21.6 Å². The van der Waals surface area contributed by atoms with Gasteiger partial charge in [-0.15, -0.1) is 11.3 Å². The van der Waals surface area contributed by atoms with E-state index in [4.69, 9.17) is 14.7 Å². The van der Waals surface area contributed by atoms with Crippen molar-refractivity contribution in [1.29, 1.82) is 0 Å². The average molecular weight is 464 g/mol. The maximum Gasteiger partial charge on any atom is 0.209 e. The first-order chi connectivity index (χ1) is 16.2. The zero-order valence-electron chi connectivity index (χ0n) is 18.2. The van der Waals surface area contributed by atoms with Gasteiger partial charge in [0.25, 0.3) is 0 Å². The number of morpholine rings is 1. The molecule has 1 N–H and O–H groups in total. The van der Waals surface area contributed by atoms with E-state index in [1.165, 1.54) is 0 Å². The quantitative estimate of drug-likeness (QED) is 0.468. The highest BCUT2D eigenvalue weighted by Gasteiger charge is 2.20. The summed E-state index contributed by atoms with van der Waals surface area (Å²) in [5.74, 6) is 8.25. The van der Waals surface area contributed by atoms with E-state index in [1.54, 1.807) is 34.4 Å². The van der Waals surface area contributed by atoms with Crippen molar-refractivity contribution in [2.45, 2.75) is 0 Å². The molecule has 3 aromatic rings. The summed E-state index contributed by atoms with van der Waals surface area (Å²) >= 11 is 1.61. The normalized spacial score (nSPS) is 17.1. The summed E-state index contributed by atoms with van der Waals surface area (Å²) in [5, 5.41) is 9.92. The van der Waals surface area contributed by atoms with Crippen LogP contribution in [0.2, 0.25) is 0 Å². The Morgan fingerprint density at radius 1 is 1.09 bits per heavy atom. The van der Waals surface area contributed by atoms with Crippen LogP contribution in [0.15, 0.2) is 30.3 Å². The lowest BCUT2D eigenvalue weighted by molar-refractivity contribution is -0.119. The lowest BCUT2D eigenvalue weighted by Crippen LogP contribution is -2.45. The van der Waals surface area contributed by atoms with Crippen molar-refractivity contribution in [2.75, 3.05) is 63.9 Å². The number of thiophene rings is 1. The third kappa shape index (κ3) is 4.93. The molecule has 2 fully saturated rings. The van der Waals surface area contributed by atoms with Gasteiger partial charge in [0.1, 0.15) is 5.75 Å². The Kier molecular flexibility index (Phi) is 6.39. The SMILES string of the molecule is O=CN1CCN(CC#Cc2cc3nc(-c4cccc(O)c4)nc(N4CCOCC4)c3s2)CC1. The number of ether oxygens (including phenoxy) is 1. The van der Waals surface area contributed by atoms with E-state index in [-0.39, 0.29) is 5.75 Å². The number of anilines is 1. The third-order valence-corrected chi connectivity index (χ3v) is 6.87. The topological polar surface area (TPSA) is 82.0 Å². The Labute approximate surface area is 196 Å². The van der Waals surface area contributed by atoms with Gasteiger partial charge in [-0.25, -0.2) is 9.97 Å². The van der Waals surface area contributed by atoms with Crippen LogP contribution in [-0.2, 0) is 9.53 Å². The van der Waals surface area contributed by atoms with Gasteiger partial charge in [0.2, 0.25) is 6.41 Å². The lowest BCUT2D eigenvalue weighted by Gasteiger charge is -2.30. The first-order valence-corrected chi connectivity index (χ1v) is 11.9. The van der Waals surface area contributed by atoms with E-state index in [9.17, 15) is 9.90 Å². The molecular formula is C24H25N5O3S. The lowest BCUT2D eigenvalue weighted by atomic mass is 10.2. The molecule has 8 nitrogen and oxygen atoms in total. The van der Waals surface area contributed by atoms with E-state index in [2.05, 4.69) is 21.6 Å². The van der Waals surface area contributed by atoms with E-state index in [1.807, 2.05) is 12.1 Å². The maximum absolute atomic E-state index is 10.9. The van der Waals surface area contributed by atoms with E-state index >= 15 is 0 Å². The van der Waals surface area contributed by atoms with Gasteiger partial charge in [-0.2, -0.15) is 0 Å². The molecule has 5 rings (SSSR count). The van der Waals surface area contributed by atoms with Gasteiger partial charge in [0.15, 0.2) is 11.6 Å².